The molecule has 0 fully saturated rings. The Morgan fingerprint density at radius 3 is 1.12 bits per heavy atom. The van der Waals surface area contributed by atoms with E-state index in [9.17, 15) is 8.42 Å². The molecule has 43 heavy (non-hydrogen) atoms. The Bertz CT molecular complexity index is 1540. The van der Waals surface area contributed by atoms with Gasteiger partial charge in [-0.1, -0.05) is 117 Å². The molecule has 0 aliphatic carbocycles. The van der Waals surface area contributed by atoms with Crippen LogP contribution in [0.15, 0.2) is 117 Å². The van der Waals surface area contributed by atoms with E-state index < -0.39 is 20.4 Å². The average molecular weight is 619 g/mol. The molecule has 4 aromatic carbocycles. The van der Waals surface area contributed by atoms with Crippen LogP contribution in [-0.4, -0.2) is 15.5 Å². The summed E-state index contributed by atoms with van der Waals surface area (Å²) in [6.07, 6.45) is 0. The van der Waals surface area contributed by atoms with Crippen molar-refractivity contribution >= 4 is 20.4 Å². The Hall–Kier alpha value is -3.06. The number of hydrogen-bond donors (Lipinski definition) is 0. The van der Waals surface area contributed by atoms with Gasteiger partial charge in [-0.25, -0.2) is 3.63 Å². The van der Waals surface area contributed by atoms with E-state index in [1.807, 2.05) is 36.4 Å². The summed E-state index contributed by atoms with van der Waals surface area (Å²) in [5.41, 5.74) is 2.24. The summed E-state index contributed by atoms with van der Waals surface area (Å²) in [6.45, 7) is 19.5. The highest BCUT2D eigenvalue weighted by Crippen LogP contribution is 2.74. The van der Waals surface area contributed by atoms with Crippen LogP contribution in [0.25, 0.3) is 0 Å². The summed E-state index contributed by atoms with van der Waals surface area (Å²) in [6, 6.07) is 31.0. The first kappa shape index (κ1) is 32.8. The highest BCUT2D eigenvalue weighted by molar-refractivity contribution is 8.33. The van der Waals surface area contributed by atoms with Crippen molar-refractivity contribution in [2.45, 2.75) is 98.1 Å². The molecule has 0 amide bonds. The number of hydrogen-bond acceptors (Lipinski definition) is 4. The molecule has 0 aliphatic rings. The minimum absolute atomic E-state index is 0.0832. The smallest absolute Gasteiger partial charge is 0.307 e. The van der Waals surface area contributed by atoms with Gasteiger partial charge in [0.05, 0.1) is 12.0 Å². The number of methoxy groups -OCH3 is 1. The van der Waals surface area contributed by atoms with Crippen LogP contribution in [0.4, 0.5) is 0 Å². The van der Waals surface area contributed by atoms with E-state index in [1.165, 1.54) is 0 Å². The minimum atomic E-state index is -4.29. The van der Waals surface area contributed by atoms with Crippen LogP contribution in [0.3, 0.4) is 0 Å². The molecule has 0 aromatic heterocycles. The molecule has 4 nitrogen and oxygen atoms in total. The van der Waals surface area contributed by atoms with Gasteiger partial charge in [0.25, 0.3) is 0 Å². The van der Waals surface area contributed by atoms with Gasteiger partial charge in [0, 0.05) is 14.7 Å². The lowest BCUT2D eigenvalue weighted by atomic mass is 9.87. The third-order valence-electron chi connectivity index (χ3n) is 7.55. The quantitative estimate of drug-likeness (QED) is 0.207. The lowest BCUT2D eigenvalue weighted by molar-refractivity contribution is 0.414. The van der Waals surface area contributed by atoms with Crippen molar-refractivity contribution < 1.29 is 16.8 Å². The third-order valence-corrected chi connectivity index (χ3v) is 12.9. The van der Waals surface area contributed by atoms with Crippen molar-refractivity contribution in [2.75, 3.05) is 7.11 Å². The van der Waals surface area contributed by atoms with E-state index in [0.717, 1.165) is 31.4 Å². The number of ether oxygens (including phenoxy) is 1. The van der Waals surface area contributed by atoms with E-state index in [2.05, 4.69) is 98.7 Å². The predicted octanol–water partition coefficient (Wildman–Crippen LogP) is 10.2. The van der Waals surface area contributed by atoms with Gasteiger partial charge >= 0.3 is 10.1 Å². The molecule has 0 radical (unpaired) electrons. The summed E-state index contributed by atoms with van der Waals surface area (Å²) in [5.74, 6) is 0.576. The molecule has 4 aromatic rings. The third kappa shape index (κ3) is 6.57. The summed E-state index contributed by atoms with van der Waals surface area (Å²) >= 11 is 0. The topological polar surface area (TPSA) is 52.6 Å². The Labute approximate surface area is 261 Å². The van der Waals surface area contributed by atoms with Gasteiger partial charge in [-0.15, -0.1) is 0 Å². The van der Waals surface area contributed by atoms with E-state index in [-0.39, 0.29) is 21.1 Å². The van der Waals surface area contributed by atoms with Crippen molar-refractivity contribution in [1.82, 2.24) is 0 Å². The maximum atomic E-state index is 14.6. The lowest BCUT2D eigenvalue weighted by Crippen LogP contribution is -2.25. The zero-order valence-electron chi connectivity index (χ0n) is 27.2. The summed E-state index contributed by atoms with van der Waals surface area (Å²) in [5, 5.41) is 0. The van der Waals surface area contributed by atoms with Gasteiger partial charge < -0.3 is 4.74 Å². The van der Waals surface area contributed by atoms with Gasteiger partial charge in [0.1, 0.15) is 5.75 Å². The monoisotopic (exact) mass is 618 g/mol. The molecule has 0 saturated heterocycles. The summed E-state index contributed by atoms with van der Waals surface area (Å²) in [4.78, 5) is 2.73. The van der Waals surface area contributed by atoms with Crippen molar-refractivity contribution in [3.05, 3.63) is 114 Å². The Morgan fingerprint density at radius 1 is 0.488 bits per heavy atom. The fourth-order valence-electron chi connectivity index (χ4n) is 5.39. The van der Waals surface area contributed by atoms with Crippen molar-refractivity contribution in [3.8, 4) is 5.75 Å². The molecule has 4 rings (SSSR count). The van der Waals surface area contributed by atoms with E-state index in [0.29, 0.717) is 5.75 Å². The average Bonchev–Trinajstić information content (AvgIpc) is 2.94. The second-order valence-corrected chi connectivity index (χ2v) is 18.3. The van der Waals surface area contributed by atoms with Crippen LogP contribution in [0.2, 0.25) is 0 Å². The SMILES string of the molecule is COc1ccc(S(=O)(=O)OS(c2ccccc2C(C)(C)C)(c2ccccc2C(C)(C)C)c2ccccc2C(C)(C)C)cc1. The number of benzene rings is 4. The highest BCUT2D eigenvalue weighted by atomic mass is 32.3. The molecule has 6 heteroatoms. The largest absolute Gasteiger partial charge is 0.497 e. The highest BCUT2D eigenvalue weighted by Gasteiger charge is 2.45. The Kier molecular flexibility index (Phi) is 9.01. The zero-order chi connectivity index (χ0) is 31.8. The molecular weight excluding hydrogens is 573 g/mol. The maximum Gasteiger partial charge on any atom is 0.307 e. The first-order valence-electron chi connectivity index (χ1n) is 14.6. The van der Waals surface area contributed by atoms with Gasteiger partial charge in [-0.3, -0.25) is 0 Å². The van der Waals surface area contributed by atoms with Crippen LogP contribution in [0.5, 0.6) is 5.75 Å². The summed E-state index contributed by atoms with van der Waals surface area (Å²) in [7, 11) is -5.65. The minimum Gasteiger partial charge on any atom is -0.497 e. The predicted molar refractivity (Wildman–Crippen MR) is 179 cm³/mol. The molecule has 0 atom stereocenters. The molecule has 0 spiro atoms. The van der Waals surface area contributed by atoms with Crippen molar-refractivity contribution in [1.29, 1.82) is 0 Å². The Morgan fingerprint density at radius 2 is 0.814 bits per heavy atom. The van der Waals surface area contributed by atoms with Gasteiger partial charge in [-0.05, 0) is 85.7 Å². The molecule has 0 N–H and O–H groups in total. The molecule has 0 heterocycles. The van der Waals surface area contributed by atoms with Crippen molar-refractivity contribution in [2.24, 2.45) is 0 Å². The van der Waals surface area contributed by atoms with E-state index >= 15 is 0 Å². The summed E-state index contributed by atoms with van der Waals surface area (Å²) < 4.78 is 41.5. The molecule has 0 aliphatic heterocycles. The Balaban J connectivity index is 2.28. The molecule has 0 saturated carbocycles. The normalized spacial score (nSPS) is 13.5. The van der Waals surface area contributed by atoms with Crippen LogP contribution in [0, 0.1) is 0 Å². The van der Waals surface area contributed by atoms with Gasteiger partial charge in [0.15, 0.2) is 0 Å². The second-order valence-electron chi connectivity index (χ2n) is 14.0. The molecular formula is C37H46O4S2. The standard InChI is InChI=1S/C37H46O4S2/c1-35(2,3)29-17-11-14-20-32(29)42(33-21-15-12-18-30(33)36(4,5)6,34-22-16-13-19-31(34)37(7,8)9)41-43(38,39)28-25-23-27(40-10)24-26-28/h11-26H,1-10H3. The van der Waals surface area contributed by atoms with E-state index in [1.54, 1.807) is 31.4 Å². The van der Waals surface area contributed by atoms with Crippen LogP contribution >= 0.6 is 10.3 Å². The maximum absolute atomic E-state index is 14.6. The number of rotatable bonds is 7. The molecule has 230 valence electrons. The van der Waals surface area contributed by atoms with Crippen molar-refractivity contribution in [3.63, 3.8) is 0 Å². The molecule has 0 unspecified atom stereocenters. The van der Waals surface area contributed by atoms with Crippen LogP contribution in [-0.2, 0) is 30.0 Å². The van der Waals surface area contributed by atoms with E-state index in [4.69, 9.17) is 8.37 Å². The first-order chi connectivity index (χ1) is 19.9. The second kappa shape index (κ2) is 11.8. The van der Waals surface area contributed by atoms with Gasteiger partial charge in [0.2, 0.25) is 0 Å². The fraction of sp³-hybridized carbons (Fsp3) is 0.351. The van der Waals surface area contributed by atoms with Crippen LogP contribution in [0.1, 0.15) is 79.0 Å². The van der Waals surface area contributed by atoms with Crippen LogP contribution < -0.4 is 4.74 Å². The fourth-order valence-corrected chi connectivity index (χ4v) is 11.7. The van der Waals surface area contributed by atoms with Gasteiger partial charge in [-0.2, -0.15) is 8.42 Å². The first-order valence-corrected chi connectivity index (χ1v) is 17.6. The lowest BCUT2D eigenvalue weighted by Gasteiger charge is -2.46. The molecule has 0 bridgehead atoms. The zero-order valence-corrected chi connectivity index (χ0v) is 28.8.